The van der Waals surface area contributed by atoms with Crippen LogP contribution in [0.15, 0.2) is 36.4 Å². The first-order chi connectivity index (χ1) is 11.5. The zero-order valence-electron chi connectivity index (χ0n) is 12.6. The number of carbonyl (C=O) groups excluding carboxylic acids is 2. The van der Waals surface area contributed by atoms with Crippen molar-refractivity contribution in [2.75, 3.05) is 13.2 Å². The predicted octanol–water partition coefficient (Wildman–Crippen LogP) is 2.40. The van der Waals surface area contributed by atoms with Gasteiger partial charge in [-0.1, -0.05) is 35.6 Å². The molecule has 0 saturated carbocycles. The van der Waals surface area contributed by atoms with Crippen molar-refractivity contribution < 1.29 is 19.2 Å². The molecule has 3 rings (SSSR count). The normalized spacial score (nSPS) is 13.2. The molecule has 24 heavy (non-hydrogen) atoms. The Bertz CT molecular complexity index is 801. The fraction of sp³-hybridized carbons (Fsp3) is 0.250. The van der Waals surface area contributed by atoms with Crippen molar-refractivity contribution in [1.29, 1.82) is 0 Å². The highest BCUT2D eigenvalue weighted by atomic mass is 32.1. The van der Waals surface area contributed by atoms with Crippen molar-refractivity contribution in [1.82, 2.24) is 4.90 Å². The number of ether oxygens (including phenoxy) is 1. The first-order valence-electron chi connectivity index (χ1n) is 7.30. The largest absolute Gasteiger partial charge is 0.451 e. The van der Waals surface area contributed by atoms with Crippen LogP contribution < -0.4 is 0 Å². The predicted molar refractivity (Wildman–Crippen MR) is 86.8 cm³/mol. The third-order valence-electron chi connectivity index (χ3n) is 3.78. The monoisotopic (exact) mass is 346 g/mol. The SMILES string of the molecule is O=C(OCC(=O)N1CCc2ccccc2C1)c1ccc([N+](=O)[O-])s1. The van der Waals surface area contributed by atoms with Crippen LogP contribution in [0.2, 0.25) is 0 Å². The Hall–Kier alpha value is -2.74. The topological polar surface area (TPSA) is 89.8 Å². The van der Waals surface area contributed by atoms with Gasteiger partial charge >= 0.3 is 11.0 Å². The molecule has 7 nitrogen and oxygen atoms in total. The van der Waals surface area contributed by atoms with Gasteiger partial charge < -0.3 is 9.64 Å². The van der Waals surface area contributed by atoms with Crippen molar-refractivity contribution in [3.8, 4) is 0 Å². The molecule has 0 spiro atoms. The number of fused-ring (bicyclic) bond motifs is 1. The number of rotatable bonds is 4. The van der Waals surface area contributed by atoms with Gasteiger partial charge in [0.15, 0.2) is 6.61 Å². The van der Waals surface area contributed by atoms with Gasteiger partial charge in [-0.25, -0.2) is 4.79 Å². The van der Waals surface area contributed by atoms with Crippen molar-refractivity contribution >= 4 is 28.2 Å². The van der Waals surface area contributed by atoms with Gasteiger partial charge in [-0.2, -0.15) is 0 Å². The van der Waals surface area contributed by atoms with Crippen LogP contribution in [0, 0.1) is 10.1 Å². The lowest BCUT2D eigenvalue weighted by atomic mass is 10.00. The van der Waals surface area contributed by atoms with Gasteiger partial charge in [0.05, 0.1) is 4.92 Å². The lowest BCUT2D eigenvalue weighted by molar-refractivity contribution is -0.380. The number of thiophene rings is 1. The zero-order chi connectivity index (χ0) is 17.1. The first kappa shape index (κ1) is 16.1. The highest BCUT2D eigenvalue weighted by Gasteiger charge is 2.22. The second-order valence-electron chi connectivity index (χ2n) is 5.31. The fourth-order valence-corrected chi connectivity index (χ4v) is 3.25. The number of benzene rings is 1. The minimum absolute atomic E-state index is 0.110. The number of hydrogen-bond donors (Lipinski definition) is 0. The molecule has 0 saturated heterocycles. The van der Waals surface area contributed by atoms with Crippen LogP contribution in [-0.2, 0) is 22.5 Å². The standard InChI is InChI=1S/C16H14N2O5S/c19-14(17-8-7-11-3-1-2-4-12(11)9-17)10-23-16(20)13-5-6-15(24-13)18(21)22/h1-6H,7-10H2. The number of nitrogens with zero attached hydrogens (tertiary/aromatic N) is 2. The molecule has 1 aliphatic rings. The van der Waals surface area contributed by atoms with Crippen LogP contribution in [0.3, 0.4) is 0 Å². The number of esters is 1. The fourth-order valence-electron chi connectivity index (χ4n) is 2.53. The molecular formula is C16H14N2O5S. The van der Waals surface area contributed by atoms with Gasteiger partial charge in [0.25, 0.3) is 5.91 Å². The quantitative estimate of drug-likeness (QED) is 0.482. The minimum Gasteiger partial charge on any atom is -0.451 e. The molecule has 2 aromatic rings. The number of carbonyl (C=O) groups is 2. The maximum absolute atomic E-state index is 12.2. The molecule has 124 valence electrons. The minimum atomic E-state index is -0.723. The second-order valence-corrected chi connectivity index (χ2v) is 6.37. The highest BCUT2D eigenvalue weighted by Crippen LogP contribution is 2.24. The molecule has 1 aromatic heterocycles. The molecule has 2 heterocycles. The smallest absolute Gasteiger partial charge is 0.349 e. The summed E-state index contributed by atoms with van der Waals surface area (Å²) in [6, 6.07) is 10.5. The first-order valence-corrected chi connectivity index (χ1v) is 8.12. The summed E-state index contributed by atoms with van der Waals surface area (Å²) >= 11 is 0.729. The van der Waals surface area contributed by atoms with E-state index in [1.54, 1.807) is 4.90 Å². The van der Waals surface area contributed by atoms with Crippen LogP contribution in [0.5, 0.6) is 0 Å². The molecule has 1 aliphatic heterocycles. The Morgan fingerprint density at radius 1 is 1.21 bits per heavy atom. The van der Waals surface area contributed by atoms with Crippen molar-refractivity contribution in [3.05, 3.63) is 62.5 Å². The number of nitro groups is 1. The molecular weight excluding hydrogens is 332 g/mol. The van der Waals surface area contributed by atoms with Crippen molar-refractivity contribution in [2.24, 2.45) is 0 Å². The van der Waals surface area contributed by atoms with E-state index in [2.05, 4.69) is 0 Å². The average Bonchev–Trinajstić information content (AvgIpc) is 3.09. The maximum atomic E-state index is 12.2. The Balaban J connectivity index is 1.56. The molecule has 0 radical (unpaired) electrons. The zero-order valence-corrected chi connectivity index (χ0v) is 13.5. The molecule has 1 amide bonds. The molecule has 0 N–H and O–H groups in total. The Labute approximate surface area is 141 Å². The molecule has 0 atom stereocenters. The van der Waals surface area contributed by atoms with Crippen molar-refractivity contribution in [3.63, 3.8) is 0 Å². The summed E-state index contributed by atoms with van der Waals surface area (Å²) in [4.78, 5) is 35.9. The summed E-state index contributed by atoms with van der Waals surface area (Å²) in [5.41, 5.74) is 2.32. The van der Waals surface area contributed by atoms with E-state index in [4.69, 9.17) is 4.74 Å². The van der Waals surface area contributed by atoms with E-state index >= 15 is 0 Å². The molecule has 0 fully saturated rings. The summed E-state index contributed by atoms with van der Waals surface area (Å²) in [5.74, 6) is -0.997. The summed E-state index contributed by atoms with van der Waals surface area (Å²) in [7, 11) is 0. The van der Waals surface area contributed by atoms with Crippen LogP contribution in [-0.4, -0.2) is 34.9 Å². The summed E-state index contributed by atoms with van der Waals surface area (Å²) in [6.45, 7) is 0.710. The molecule has 0 unspecified atom stereocenters. The lowest BCUT2D eigenvalue weighted by Crippen LogP contribution is -2.38. The third-order valence-corrected chi connectivity index (χ3v) is 4.80. The maximum Gasteiger partial charge on any atom is 0.349 e. The summed E-state index contributed by atoms with van der Waals surface area (Å²) < 4.78 is 4.98. The van der Waals surface area contributed by atoms with E-state index in [0.29, 0.717) is 13.1 Å². The summed E-state index contributed by atoms with van der Waals surface area (Å²) in [6.07, 6.45) is 0.771. The average molecular weight is 346 g/mol. The second kappa shape index (κ2) is 6.79. The number of hydrogen-bond acceptors (Lipinski definition) is 6. The van der Waals surface area contributed by atoms with Crippen LogP contribution in [0.4, 0.5) is 5.00 Å². The van der Waals surface area contributed by atoms with Gasteiger partial charge in [0.2, 0.25) is 0 Å². The van der Waals surface area contributed by atoms with E-state index in [-0.39, 0.29) is 22.4 Å². The van der Waals surface area contributed by atoms with Gasteiger partial charge in [0.1, 0.15) is 4.88 Å². The van der Waals surface area contributed by atoms with Gasteiger partial charge in [-0.3, -0.25) is 14.9 Å². The van der Waals surface area contributed by atoms with E-state index in [9.17, 15) is 19.7 Å². The van der Waals surface area contributed by atoms with Gasteiger partial charge in [-0.05, 0) is 23.6 Å². The van der Waals surface area contributed by atoms with Gasteiger partial charge in [0, 0.05) is 19.2 Å². The highest BCUT2D eigenvalue weighted by molar-refractivity contribution is 7.17. The van der Waals surface area contributed by atoms with E-state index in [1.807, 2.05) is 24.3 Å². The van der Waals surface area contributed by atoms with Gasteiger partial charge in [-0.15, -0.1) is 0 Å². The molecule has 0 aliphatic carbocycles. The molecule has 0 bridgehead atoms. The lowest BCUT2D eigenvalue weighted by Gasteiger charge is -2.28. The van der Waals surface area contributed by atoms with Crippen LogP contribution in [0.1, 0.15) is 20.8 Å². The Morgan fingerprint density at radius 3 is 2.67 bits per heavy atom. The number of amides is 1. The Kier molecular flexibility index (Phi) is 4.57. The van der Waals surface area contributed by atoms with Crippen molar-refractivity contribution in [2.45, 2.75) is 13.0 Å². The van der Waals surface area contributed by atoms with E-state index < -0.39 is 10.9 Å². The van der Waals surface area contributed by atoms with E-state index in [0.717, 1.165) is 23.3 Å². The van der Waals surface area contributed by atoms with E-state index in [1.165, 1.54) is 17.7 Å². The molecule has 8 heteroatoms. The third kappa shape index (κ3) is 3.43. The van der Waals surface area contributed by atoms with Crippen LogP contribution >= 0.6 is 11.3 Å². The molecule has 1 aromatic carbocycles. The Morgan fingerprint density at radius 2 is 1.96 bits per heavy atom. The summed E-state index contributed by atoms with van der Waals surface area (Å²) in [5, 5.41) is 10.5. The van der Waals surface area contributed by atoms with Crippen LogP contribution in [0.25, 0.3) is 0 Å².